The zero-order valence-corrected chi connectivity index (χ0v) is 21.7. The average molecular weight is 524 g/mol. The van der Waals surface area contributed by atoms with Crippen LogP contribution < -0.4 is 15.0 Å². The maximum absolute atomic E-state index is 14.0. The average Bonchev–Trinajstić information content (AvgIpc) is 2.93. The Kier molecular flexibility index (Phi) is 8.79. The van der Waals surface area contributed by atoms with Gasteiger partial charge in [-0.05, 0) is 60.0 Å². The molecule has 0 radical (unpaired) electrons. The van der Waals surface area contributed by atoms with Gasteiger partial charge in [0.05, 0.1) is 0 Å². The molecule has 0 aliphatic carbocycles. The second-order valence-corrected chi connectivity index (χ2v) is 9.62. The van der Waals surface area contributed by atoms with Crippen molar-refractivity contribution in [1.29, 1.82) is 0 Å². The van der Waals surface area contributed by atoms with E-state index in [0.29, 0.717) is 48.3 Å². The molecule has 3 aromatic carbocycles. The standard InChI is InChI=1S/C29H31ClFN3O3/c1-20(2)26-19-33(17-16-32-26)29(36)28(21-8-10-22(31)11-9-21)34(27(35)18-30)23-12-14-25(15-13-23)37-24-6-4-3-5-7-24/h3-15,20,26,28,32H,16-19H2,1-2H3/t26-,28+/m0/s1. The van der Waals surface area contributed by atoms with E-state index in [9.17, 15) is 14.0 Å². The summed E-state index contributed by atoms with van der Waals surface area (Å²) < 4.78 is 19.7. The van der Waals surface area contributed by atoms with Crippen LogP contribution in [0.4, 0.5) is 10.1 Å². The Labute approximate surface area is 222 Å². The van der Waals surface area contributed by atoms with Crippen LogP contribution >= 0.6 is 11.6 Å². The molecule has 194 valence electrons. The third kappa shape index (κ3) is 6.48. The van der Waals surface area contributed by atoms with Gasteiger partial charge in [0.25, 0.3) is 5.91 Å². The van der Waals surface area contributed by atoms with E-state index < -0.39 is 17.8 Å². The third-order valence-corrected chi connectivity index (χ3v) is 6.71. The van der Waals surface area contributed by atoms with Gasteiger partial charge in [-0.3, -0.25) is 14.5 Å². The maximum Gasteiger partial charge on any atom is 0.250 e. The molecule has 1 heterocycles. The molecular formula is C29H31ClFN3O3. The number of rotatable bonds is 8. The van der Waals surface area contributed by atoms with E-state index in [1.807, 2.05) is 30.3 Å². The Morgan fingerprint density at radius 3 is 2.30 bits per heavy atom. The van der Waals surface area contributed by atoms with Gasteiger partial charge in [-0.25, -0.2) is 4.39 Å². The minimum Gasteiger partial charge on any atom is -0.457 e. The molecule has 2 atom stereocenters. The predicted octanol–water partition coefficient (Wildman–Crippen LogP) is 5.39. The van der Waals surface area contributed by atoms with E-state index in [4.69, 9.17) is 16.3 Å². The van der Waals surface area contributed by atoms with Crippen LogP contribution in [0.5, 0.6) is 11.5 Å². The van der Waals surface area contributed by atoms with Gasteiger partial charge in [0.15, 0.2) is 0 Å². The molecule has 4 rings (SSSR count). The van der Waals surface area contributed by atoms with Gasteiger partial charge >= 0.3 is 0 Å². The molecule has 0 unspecified atom stereocenters. The van der Waals surface area contributed by atoms with E-state index >= 15 is 0 Å². The van der Waals surface area contributed by atoms with Crippen molar-refractivity contribution in [3.63, 3.8) is 0 Å². The van der Waals surface area contributed by atoms with Gasteiger partial charge < -0.3 is 15.0 Å². The van der Waals surface area contributed by atoms with Crippen molar-refractivity contribution in [3.05, 3.63) is 90.2 Å². The molecular weight excluding hydrogens is 493 g/mol. The maximum atomic E-state index is 14.0. The first-order valence-electron chi connectivity index (χ1n) is 12.4. The smallest absolute Gasteiger partial charge is 0.250 e. The molecule has 0 aromatic heterocycles. The largest absolute Gasteiger partial charge is 0.457 e. The monoisotopic (exact) mass is 523 g/mol. The Morgan fingerprint density at radius 2 is 1.68 bits per heavy atom. The molecule has 0 spiro atoms. The van der Waals surface area contributed by atoms with E-state index in [2.05, 4.69) is 19.2 Å². The number of nitrogens with one attached hydrogen (secondary N) is 1. The Balaban J connectivity index is 1.70. The summed E-state index contributed by atoms with van der Waals surface area (Å²) in [6.07, 6.45) is 0. The van der Waals surface area contributed by atoms with Crippen LogP contribution in [-0.4, -0.2) is 48.3 Å². The first-order valence-corrected chi connectivity index (χ1v) is 12.9. The van der Waals surface area contributed by atoms with Crippen molar-refractivity contribution < 1.29 is 18.7 Å². The zero-order valence-electron chi connectivity index (χ0n) is 20.9. The highest BCUT2D eigenvalue weighted by molar-refractivity contribution is 6.29. The lowest BCUT2D eigenvalue weighted by molar-refractivity contribution is -0.135. The van der Waals surface area contributed by atoms with Crippen LogP contribution in [0.1, 0.15) is 25.5 Å². The predicted molar refractivity (Wildman–Crippen MR) is 144 cm³/mol. The number of nitrogens with zero attached hydrogens (tertiary/aromatic N) is 2. The minimum absolute atomic E-state index is 0.137. The van der Waals surface area contributed by atoms with Crippen LogP contribution in [0, 0.1) is 11.7 Å². The number of amides is 2. The molecule has 0 saturated carbocycles. The number of anilines is 1. The number of ether oxygens (including phenoxy) is 1. The summed E-state index contributed by atoms with van der Waals surface area (Å²) in [6.45, 7) is 5.88. The number of halogens is 2. The second kappa shape index (κ2) is 12.2. The Morgan fingerprint density at radius 1 is 1.03 bits per heavy atom. The lowest BCUT2D eigenvalue weighted by Gasteiger charge is -2.40. The summed E-state index contributed by atoms with van der Waals surface area (Å²) in [4.78, 5) is 30.5. The van der Waals surface area contributed by atoms with Crippen LogP contribution in [0.25, 0.3) is 0 Å². The van der Waals surface area contributed by atoms with Gasteiger partial charge in [-0.1, -0.05) is 44.2 Å². The number of para-hydroxylation sites is 1. The number of piperazine rings is 1. The minimum atomic E-state index is -1.00. The van der Waals surface area contributed by atoms with Crippen LogP contribution in [0.2, 0.25) is 0 Å². The van der Waals surface area contributed by atoms with Crippen molar-refractivity contribution in [1.82, 2.24) is 10.2 Å². The molecule has 1 aliphatic heterocycles. The van der Waals surface area contributed by atoms with E-state index in [-0.39, 0.29) is 17.8 Å². The molecule has 0 bridgehead atoms. The Bertz CT molecular complexity index is 1190. The number of benzene rings is 3. The fourth-order valence-electron chi connectivity index (χ4n) is 4.45. The van der Waals surface area contributed by atoms with Crippen LogP contribution in [0.15, 0.2) is 78.9 Å². The van der Waals surface area contributed by atoms with Gasteiger partial charge in [0.2, 0.25) is 5.91 Å². The highest BCUT2D eigenvalue weighted by Crippen LogP contribution is 2.32. The van der Waals surface area contributed by atoms with Crippen molar-refractivity contribution in [2.75, 3.05) is 30.4 Å². The molecule has 37 heavy (non-hydrogen) atoms. The lowest BCUT2D eigenvalue weighted by atomic mass is 9.98. The first-order chi connectivity index (χ1) is 17.9. The number of carbonyl (C=O) groups is 2. The number of carbonyl (C=O) groups excluding carboxylic acids is 2. The SMILES string of the molecule is CC(C)[C@@H]1CN(C(=O)[C@@H](c2ccc(F)cc2)N(C(=O)CCl)c2ccc(Oc3ccccc3)cc2)CCN1. The van der Waals surface area contributed by atoms with Crippen LogP contribution in [-0.2, 0) is 9.59 Å². The summed E-state index contributed by atoms with van der Waals surface area (Å²) in [7, 11) is 0. The molecule has 3 aromatic rings. The summed E-state index contributed by atoms with van der Waals surface area (Å²) in [5, 5.41) is 3.45. The summed E-state index contributed by atoms with van der Waals surface area (Å²) in [5.41, 5.74) is 0.999. The quantitative estimate of drug-likeness (QED) is 0.402. The topological polar surface area (TPSA) is 61.9 Å². The normalized spacial score (nSPS) is 16.4. The van der Waals surface area contributed by atoms with E-state index in [1.165, 1.54) is 17.0 Å². The molecule has 8 heteroatoms. The van der Waals surface area contributed by atoms with Crippen molar-refractivity contribution >= 4 is 29.1 Å². The third-order valence-electron chi connectivity index (χ3n) is 6.48. The number of hydrogen-bond acceptors (Lipinski definition) is 4. The van der Waals surface area contributed by atoms with Gasteiger partial charge in [-0.15, -0.1) is 11.6 Å². The fourth-order valence-corrected chi connectivity index (χ4v) is 4.57. The van der Waals surface area contributed by atoms with Gasteiger partial charge in [-0.2, -0.15) is 0 Å². The summed E-state index contributed by atoms with van der Waals surface area (Å²) >= 11 is 6.04. The first kappa shape index (κ1) is 26.6. The molecule has 1 aliphatic rings. The lowest BCUT2D eigenvalue weighted by Crippen LogP contribution is -2.57. The molecule has 6 nitrogen and oxygen atoms in total. The molecule has 1 N–H and O–H groups in total. The van der Waals surface area contributed by atoms with E-state index in [0.717, 1.165) is 0 Å². The number of alkyl halides is 1. The molecule has 1 fully saturated rings. The van der Waals surface area contributed by atoms with Crippen LogP contribution in [0.3, 0.4) is 0 Å². The molecule has 2 amide bonds. The van der Waals surface area contributed by atoms with E-state index in [1.54, 1.807) is 41.3 Å². The van der Waals surface area contributed by atoms with Crippen molar-refractivity contribution in [3.8, 4) is 11.5 Å². The van der Waals surface area contributed by atoms with Gasteiger partial charge in [0, 0.05) is 31.4 Å². The van der Waals surface area contributed by atoms with Crippen molar-refractivity contribution in [2.45, 2.75) is 25.9 Å². The highest BCUT2D eigenvalue weighted by Gasteiger charge is 2.37. The summed E-state index contributed by atoms with van der Waals surface area (Å²) in [5.74, 6) is 0.191. The highest BCUT2D eigenvalue weighted by atomic mass is 35.5. The zero-order chi connectivity index (χ0) is 26.4. The van der Waals surface area contributed by atoms with Crippen molar-refractivity contribution in [2.24, 2.45) is 5.92 Å². The fraction of sp³-hybridized carbons (Fsp3) is 0.310. The number of hydrogen-bond donors (Lipinski definition) is 1. The molecule has 1 saturated heterocycles. The summed E-state index contributed by atoms with van der Waals surface area (Å²) in [6, 6.07) is 21.1. The second-order valence-electron chi connectivity index (χ2n) is 9.35. The Hall–Kier alpha value is -3.42. The van der Waals surface area contributed by atoms with Gasteiger partial charge in [0.1, 0.15) is 29.2 Å².